The minimum Gasteiger partial charge on any atom is -0.406 e. The first-order chi connectivity index (χ1) is 17.3. The predicted octanol–water partition coefficient (Wildman–Crippen LogP) is 4.55. The van der Waals surface area contributed by atoms with E-state index in [9.17, 15) is 22.8 Å². The lowest BCUT2D eigenvalue weighted by molar-refractivity contribution is -0.274. The summed E-state index contributed by atoms with van der Waals surface area (Å²) in [7, 11) is 0. The van der Waals surface area contributed by atoms with Crippen molar-refractivity contribution in [2.45, 2.75) is 19.3 Å². The number of ether oxygens (including phenoxy) is 1. The van der Waals surface area contributed by atoms with Crippen molar-refractivity contribution in [2.24, 2.45) is 0 Å². The fraction of sp³-hybridized carbons (Fsp3) is 0.120. The number of halogens is 3. The molecule has 2 heterocycles. The first-order valence-corrected chi connectivity index (χ1v) is 10.8. The highest BCUT2D eigenvalue weighted by Crippen LogP contribution is 2.27. The smallest absolute Gasteiger partial charge is 0.406 e. The van der Waals surface area contributed by atoms with Crippen molar-refractivity contribution in [1.29, 1.82) is 0 Å². The second kappa shape index (κ2) is 9.17. The van der Waals surface area contributed by atoms with Crippen molar-refractivity contribution < 1.29 is 22.4 Å². The van der Waals surface area contributed by atoms with Gasteiger partial charge in [-0.15, -0.1) is 13.2 Å². The monoisotopic (exact) mass is 494 g/mol. The molecule has 0 saturated heterocycles. The Balaban J connectivity index is 1.40. The lowest BCUT2D eigenvalue weighted by atomic mass is 10.1. The first-order valence-electron chi connectivity index (χ1n) is 10.8. The molecule has 5 aromatic rings. The van der Waals surface area contributed by atoms with Gasteiger partial charge in [-0.3, -0.25) is 9.36 Å². The van der Waals surface area contributed by atoms with Gasteiger partial charge in [0.15, 0.2) is 0 Å². The van der Waals surface area contributed by atoms with Gasteiger partial charge in [-0.1, -0.05) is 35.5 Å². The van der Waals surface area contributed by atoms with Gasteiger partial charge in [0, 0.05) is 17.7 Å². The number of aromatic amines is 1. The Morgan fingerprint density at radius 1 is 0.944 bits per heavy atom. The van der Waals surface area contributed by atoms with Gasteiger partial charge in [-0.2, -0.15) is 4.98 Å². The number of rotatable bonds is 6. The zero-order valence-electron chi connectivity index (χ0n) is 18.5. The summed E-state index contributed by atoms with van der Waals surface area (Å²) in [6.45, 7) is 0.232. The molecule has 182 valence electrons. The largest absolute Gasteiger partial charge is 0.573 e. The molecule has 3 aromatic carbocycles. The van der Waals surface area contributed by atoms with Crippen molar-refractivity contribution in [3.05, 3.63) is 99.2 Å². The summed E-state index contributed by atoms with van der Waals surface area (Å²) in [5.41, 5.74) is 1.24. The quantitative estimate of drug-likeness (QED) is 0.372. The van der Waals surface area contributed by atoms with E-state index in [0.29, 0.717) is 28.5 Å². The molecule has 0 aliphatic rings. The fourth-order valence-electron chi connectivity index (χ4n) is 3.74. The molecule has 0 aliphatic carbocycles. The van der Waals surface area contributed by atoms with Crippen LogP contribution < -0.4 is 16.0 Å². The first kappa shape index (κ1) is 23.1. The molecule has 0 radical (unpaired) electrons. The number of nitrogens with one attached hydrogen (secondary N) is 1. The maximum atomic E-state index is 12.9. The van der Waals surface area contributed by atoms with Crippen LogP contribution in [-0.2, 0) is 13.0 Å². The molecular weight excluding hydrogens is 477 g/mol. The lowest BCUT2D eigenvalue weighted by Gasteiger charge is -2.08. The summed E-state index contributed by atoms with van der Waals surface area (Å²) in [5, 5.41) is 4.19. The summed E-state index contributed by atoms with van der Waals surface area (Å²) in [6.07, 6.45) is -4.26. The fourth-order valence-corrected chi connectivity index (χ4v) is 3.74. The summed E-state index contributed by atoms with van der Waals surface area (Å²) in [4.78, 5) is 32.5. The maximum absolute atomic E-state index is 12.9. The van der Waals surface area contributed by atoms with Crippen LogP contribution in [0.25, 0.3) is 33.7 Å². The molecular formula is C25H17F3N4O4. The van der Waals surface area contributed by atoms with Crippen molar-refractivity contribution in [1.82, 2.24) is 19.7 Å². The number of fused-ring (bicyclic) bond motifs is 1. The van der Waals surface area contributed by atoms with Crippen LogP contribution in [0.5, 0.6) is 5.75 Å². The summed E-state index contributed by atoms with van der Waals surface area (Å²) < 4.78 is 47.3. The van der Waals surface area contributed by atoms with Crippen LogP contribution in [-0.4, -0.2) is 26.1 Å². The zero-order valence-corrected chi connectivity index (χ0v) is 18.5. The van der Waals surface area contributed by atoms with E-state index < -0.39 is 17.6 Å². The van der Waals surface area contributed by atoms with E-state index >= 15 is 0 Å². The number of alkyl halides is 3. The van der Waals surface area contributed by atoms with Crippen LogP contribution in [0.1, 0.15) is 5.56 Å². The molecule has 0 spiro atoms. The van der Waals surface area contributed by atoms with Gasteiger partial charge >= 0.3 is 12.1 Å². The molecule has 8 nitrogen and oxygen atoms in total. The second-order valence-electron chi connectivity index (χ2n) is 7.88. The van der Waals surface area contributed by atoms with E-state index in [4.69, 9.17) is 4.52 Å². The van der Waals surface area contributed by atoms with E-state index in [1.165, 1.54) is 12.1 Å². The van der Waals surface area contributed by atoms with Crippen LogP contribution in [0.4, 0.5) is 13.2 Å². The van der Waals surface area contributed by atoms with Crippen molar-refractivity contribution >= 4 is 10.9 Å². The van der Waals surface area contributed by atoms with Gasteiger partial charge in [0.25, 0.3) is 11.4 Å². The van der Waals surface area contributed by atoms with E-state index in [2.05, 4.69) is 19.9 Å². The molecule has 0 fully saturated rings. The Morgan fingerprint density at radius 3 is 2.39 bits per heavy atom. The third-order valence-electron chi connectivity index (χ3n) is 5.47. The van der Waals surface area contributed by atoms with E-state index in [-0.39, 0.29) is 24.0 Å². The number of hydrogen-bond donors (Lipinski definition) is 1. The Labute approximate surface area is 200 Å². The van der Waals surface area contributed by atoms with Crippen LogP contribution in [0.15, 0.2) is 86.9 Å². The van der Waals surface area contributed by atoms with Gasteiger partial charge in [-0.25, -0.2) is 4.79 Å². The zero-order chi connectivity index (χ0) is 25.3. The molecule has 0 aliphatic heterocycles. The molecule has 0 unspecified atom stereocenters. The van der Waals surface area contributed by atoms with E-state index in [1.54, 1.807) is 18.2 Å². The van der Waals surface area contributed by atoms with E-state index in [1.807, 2.05) is 30.3 Å². The Hall–Kier alpha value is -4.67. The molecule has 0 amide bonds. The molecule has 2 aromatic heterocycles. The van der Waals surface area contributed by atoms with Crippen LogP contribution in [0.3, 0.4) is 0 Å². The average Bonchev–Trinajstić information content (AvgIpc) is 3.34. The number of aromatic nitrogens is 4. The summed E-state index contributed by atoms with van der Waals surface area (Å²) in [5.74, 6) is -0.118. The van der Waals surface area contributed by atoms with Crippen LogP contribution in [0.2, 0.25) is 0 Å². The highest BCUT2D eigenvalue weighted by atomic mass is 19.4. The second-order valence-corrected chi connectivity index (χ2v) is 7.88. The third kappa shape index (κ3) is 4.90. The molecule has 36 heavy (non-hydrogen) atoms. The Morgan fingerprint density at radius 2 is 1.67 bits per heavy atom. The highest BCUT2D eigenvalue weighted by molar-refractivity contribution is 5.82. The molecule has 1 N–H and O–H groups in total. The SMILES string of the molecule is O=c1[nH]c2cc(-c3nc(-c4ccc(OC(F)(F)F)cc4)no3)ccc2c(=O)n1CCc1ccccc1. The predicted molar refractivity (Wildman–Crippen MR) is 124 cm³/mol. The normalized spacial score (nSPS) is 11.6. The maximum Gasteiger partial charge on any atom is 0.573 e. The number of nitrogens with zero attached hydrogens (tertiary/aromatic N) is 3. The number of hydrogen-bond acceptors (Lipinski definition) is 6. The Bertz CT molecular complexity index is 1640. The molecule has 11 heteroatoms. The molecule has 0 atom stereocenters. The molecule has 0 bridgehead atoms. The minimum absolute atomic E-state index is 0.108. The number of benzene rings is 3. The van der Waals surface area contributed by atoms with Gasteiger partial charge in [0.05, 0.1) is 10.9 Å². The number of aryl methyl sites for hydroxylation is 1. The van der Waals surface area contributed by atoms with Gasteiger partial charge in [0.1, 0.15) is 5.75 Å². The van der Waals surface area contributed by atoms with Gasteiger partial charge < -0.3 is 14.2 Å². The molecule has 5 rings (SSSR count). The minimum atomic E-state index is -4.79. The van der Waals surface area contributed by atoms with Crippen molar-refractivity contribution in [3.63, 3.8) is 0 Å². The van der Waals surface area contributed by atoms with Crippen LogP contribution in [0, 0.1) is 0 Å². The number of H-pyrrole nitrogens is 1. The van der Waals surface area contributed by atoms with Gasteiger partial charge in [-0.05, 0) is 54.4 Å². The summed E-state index contributed by atoms with van der Waals surface area (Å²) >= 11 is 0. The lowest BCUT2D eigenvalue weighted by Crippen LogP contribution is -2.35. The van der Waals surface area contributed by atoms with Crippen LogP contribution >= 0.6 is 0 Å². The average molecular weight is 494 g/mol. The van der Waals surface area contributed by atoms with Gasteiger partial charge in [0.2, 0.25) is 5.82 Å². The highest BCUT2D eigenvalue weighted by Gasteiger charge is 2.31. The van der Waals surface area contributed by atoms with Crippen molar-refractivity contribution in [2.75, 3.05) is 0 Å². The topological polar surface area (TPSA) is 103 Å². The van der Waals surface area contributed by atoms with Crippen molar-refractivity contribution in [3.8, 4) is 28.6 Å². The molecule has 0 saturated carbocycles. The third-order valence-corrected chi connectivity index (χ3v) is 5.47. The standard InChI is InChI=1S/C25H17F3N4O4/c26-25(27,28)35-18-9-6-16(7-10-18)21-30-22(36-31-21)17-8-11-19-20(14-17)29-24(34)32(23(19)33)13-12-15-4-2-1-3-5-15/h1-11,14H,12-13H2,(H,29,34). The Kier molecular flexibility index (Phi) is 5.88. The summed E-state index contributed by atoms with van der Waals surface area (Å²) in [6, 6.07) is 19.3. The van der Waals surface area contributed by atoms with E-state index in [0.717, 1.165) is 22.3 Å².